The molecule has 8 heteroatoms. The van der Waals surface area contributed by atoms with E-state index in [-0.39, 0.29) is 5.91 Å². The molecule has 1 unspecified atom stereocenters. The van der Waals surface area contributed by atoms with E-state index in [4.69, 9.17) is 9.47 Å². The van der Waals surface area contributed by atoms with Gasteiger partial charge in [0.1, 0.15) is 16.3 Å². The van der Waals surface area contributed by atoms with Gasteiger partial charge >= 0.3 is 0 Å². The summed E-state index contributed by atoms with van der Waals surface area (Å²) in [6, 6.07) is 4.02. The highest BCUT2D eigenvalue weighted by atomic mass is 32.1. The number of thiazole rings is 1. The number of ether oxygens (including phenoxy) is 2. The second kappa shape index (κ2) is 6.89. The lowest BCUT2D eigenvalue weighted by Gasteiger charge is -2.41. The highest BCUT2D eigenvalue weighted by molar-refractivity contribution is 7.20. The van der Waals surface area contributed by atoms with Gasteiger partial charge in [0.25, 0.3) is 5.91 Å². The van der Waals surface area contributed by atoms with E-state index in [1.54, 1.807) is 11.3 Å². The van der Waals surface area contributed by atoms with E-state index in [1.807, 2.05) is 27.8 Å². The van der Waals surface area contributed by atoms with E-state index in [1.165, 1.54) is 11.3 Å². The topological polar surface area (TPSA) is 63.7 Å². The van der Waals surface area contributed by atoms with Gasteiger partial charge in [0.05, 0.1) is 31.2 Å². The maximum atomic E-state index is 12.9. The normalized spacial score (nSPS) is 24.9. The maximum Gasteiger partial charge on any atom is 0.273 e. The standard InChI is InChI=1S/C16H19N3O3S2/c20-15(12-8-24-14(18-12)13-2-1-7-23-13)19-4-6-22-16(10-19)9-17-3-5-21-11-16/h1-2,7-8,17H,3-6,9-11H2. The Hall–Kier alpha value is -1.32. The molecular formula is C16H19N3O3S2. The van der Waals surface area contributed by atoms with Crippen LogP contribution in [0.3, 0.4) is 0 Å². The van der Waals surface area contributed by atoms with Crippen LogP contribution in [0.1, 0.15) is 10.5 Å². The molecule has 1 N–H and O–H groups in total. The first-order chi connectivity index (χ1) is 11.8. The largest absolute Gasteiger partial charge is 0.377 e. The van der Waals surface area contributed by atoms with E-state index >= 15 is 0 Å². The van der Waals surface area contributed by atoms with Gasteiger partial charge in [0, 0.05) is 25.0 Å². The summed E-state index contributed by atoms with van der Waals surface area (Å²) in [6.07, 6.45) is 0. The van der Waals surface area contributed by atoms with Gasteiger partial charge in [0.15, 0.2) is 0 Å². The third-order valence-electron chi connectivity index (χ3n) is 4.23. The number of carbonyl (C=O) groups excluding carboxylic acids is 1. The monoisotopic (exact) mass is 365 g/mol. The molecule has 24 heavy (non-hydrogen) atoms. The van der Waals surface area contributed by atoms with Gasteiger partial charge in [-0.3, -0.25) is 4.79 Å². The molecule has 6 nitrogen and oxygen atoms in total. The van der Waals surface area contributed by atoms with Crippen LogP contribution in [-0.2, 0) is 9.47 Å². The van der Waals surface area contributed by atoms with Gasteiger partial charge in [-0.05, 0) is 11.4 Å². The van der Waals surface area contributed by atoms with Crippen molar-refractivity contribution in [3.8, 4) is 9.88 Å². The highest BCUT2D eigenvalue weighted by Crippen LogP contribution is 2.29. The van der Waals surface area contributed by atoms with Crippen LogP contribution in [0.4, 0.5) is 0 Å². The Labute approximate surface area is 148 Å². The summed E-state index contributed by atoms with van der Waals surface area (Å²) >= 11 is 3.15. The van der Waals surface area contributed by atoms with Crippen LogP contribution in [0.15, 0.2) is 22.9 Å². The zero-order valence-corrected chi connectivity index (χ0v) is 14.8. The maximum absolute atomic E-state index is 12.9. The van der Waals surface area contributed by atoms with E-state index in [9.17, 15) is 4.79 Å². The second-order valence-corrected chi connectivity index (χ2v) is 7.81. The first kappa shape index (κ1) is 16.2. The highest BCUT2D eigenvalue weighted by Gasteiger charge is 2.40. The summed E-state index contributed by atoms with van der Waals surface area (Å²) < 4.78 is 11.6. The molecule has 1 amide bonds. The van der Waals surface area contributed by atoms with Gasteiger partial charge in [-0.15, -0.1) is 22.7 Å². The average Bonchev–Trinajstić information content (AvgIpc) is 3.25. The SMILES string of the molecule is O=C(c1csc(-c2cccs2)n1)N1CCOC2(CNCCOC2)C1. The fourth-order valence-electron chi connectivity index (χ4n) is 3.03. The van der Waals surface area contributed by atoms with E-state index in [0.717, 1.165) is 16.4 Å². The number of carbonyl (C=O) groups is 1. The van der Waals surface area contributed by atoms with Gasteiger partial charge in [-0.25, -0.2) is 4.98 Å². The molecule has 4 rings (SSSR count). The first-order valence-electron chi connectivity index (χ1n) is 7.97. The number of amides is 1. The smallest absolute Gasteiger partial charge is 0.273 e. The Morgan fingerprint density at radius 3 is 3.21 bits per heavy atom. The fraction of sp³-hybridized carbons (Fsp3) is 0.500. The molecule has 2 aromatic heterocycles. The van der Waals surface area contributed by atoms with Crippen molar-refractivity contribution in [2.75, 3.05) is 46.0 Å². The molecule has 2 fully saturated rings. The van der Waals surface area contributed by atoms with Crippen molar-refractivity contribution in [2.45, 2.75) is 5.60 Å². The number of thiophene rings is 1. The van der Waals surface area contributed by atoms with Crippen LogP contribution in [0.2, 0.25) is 0 Å². The van der Waals surface area contributed by atoms with E-state index in [2.05, 4.69) is 10.3 Å². The first-order valence-corrected chi connectivity index (χ1v) is 9.73. The molecule has 0 saturated carbocycles. The third-order valence-corrected chi connectivity index (χ3v) is 6.11. The molecule has 2 aliphatic rings. The van der Waals surface area contributed by atoms with Crippen molar-refractivity contribution < 1.29 is 14.3 Å². The molecule has 2 saturated heterocycles. The van der Waals surface area contributed by atoms with Gasteiger partial charge < -0.3 is 19.7 Å². The summed E-state index contributed by atoms with van der Waals surface area (Å²) in [5.74, 6) is -0.0269. The van der Waals surface area contributed by atoms with Crippen molar-refractivity contribution in [2.24, 2.45) is 0 Å². The minimum absolute atomic E-state index is 0.0269. The zero-order valence-electron chi connectivity index (χ0n) is 13.2. The molecule has 0 aliphatic carbocycles. The van der Waals surface area contributed by atoms with E-state index in [0.29, 0.717) is 45.1 Å². The van der Waals surface area contributed by atoms with Crippen LogP contribution in [-0.4, -0.2) is 67.4 Å². The number of morpholine rings is 1. The summed E-state index contributed by atoms with van der Waals surface area (Å²) in [4.78, 5) is 20.3. The van der Waals surface area contributed by atoms with Crippen molar-refractivity contribution in [3.05, 3.63) is 28.6 Å². The Kier molecular flexibility index (Phi) is 4.64. The predicted molar refractivity (Wildman–Crippen MR) is 93.7 cm³/mol. The number of rotatable bonds is 2. The minimum atomic E-state index is -0.447. The molecule has 1 spiro atoms. The Balaban J connectivity index is 1.49. The van der Waals surface area contributed by atoms with Gasteiger partial charge in [0.2, 0.25) is 0 Å². The Bertz CT molecular complexity index is 693. The lowest BCUT2D eigenvalue weighted by atomic mass is 10.0. The molecule has 0 aromatic carbocycles. The molecule has 1 atom stereocenters. The van der Waals surface area contributed by atoms with E-state index < -0.39 is 5.60 Å². The number of aromatic nitrogens is 1. The average molecular weight is 365 g/mol. The van der Waals surface area contributed by atoms with Crippen molar-refractivity contribution >= 4 is 28.6 Å². The summed E-state index contributed by atoms with van der Waals surface area (Å²) in [6.45, 7) is 4.36. The zero-order chi connectivity index (χ0) is 16.4. The number of nitrogens with one attached hydrogen (secondary N) is 1. The van der Waals surface area contributed by atoms with Crippen LogP contribution >= 0.6 is 22.7 Å². The Morgan fingerprint density at radius 2 is 2.33 bits per heavy atom. The summed E-state index contributed by atoms with van der Waals surface area (Å²) in [5.41, 5.74) is 0.0692. The number of hydrogen-bond acceptors (Lipinski definition) is 7. The molecular weight excluding hydrogens is 346 g/mol. The third kappa shape index (κ3) is 3.25. The van der Waals surface area contributed by atoms with Crippen molar-refractivity contribution in [3.63, 3.8) is 0 Å². The van der Waals surface area contributed by atoms with Crippen LogP contribution in [0, 0.1) is 0 Å². The van der Waals surface area contributed by atoms with Crippen LogP contribution < -0.4 is 5.32 Å². The number of nitrogens with zero attached hydrogens (tertiary/aromatic N) is 2. The van der Waals surface area contributed by atoms with Gasteiger partial charge in [-0.1, -0.05) is 6.07 Å². The number of hydrogen-bond donors (Lipinski definition) is 1. The molecule has 2 aromatic rings. The summed E-state index contributed by atoms with van der Waals surface area (Å²) in [5, 5.41) is 8.09. The molecule has 4 heterocycles. The van der Waals surface area contributed by atoms with Crippen molar-refractivity contribution in [1.82, 2.24) is 15.2 Å². The van der Waals surface area contributed by atoms with Gasteiger partial charge in [-0.2, -0.15) is 0 Å². The Morgan fingerprint density at radius 1 is 1.38 bits per heavy atom. The summed E-state index contributed by atoms with van der Waals surface area (Å²) in [7, 11) is 0. The minimum Gasteiger partial charge on any atom is -0.377 e. The second-order valence-electron chi connectivity index (χ2n) is 6.00. The molecule has 0 bridgehead atoms. The predicted octanol–water partition coefficient (Wildman–Crippen LogP) is 1.70. The lowest BCUT2D eigenvalue weighted by Crippen LogP contribution is -2.59. The molecule has 2 aliphatic heterocycles. The van der Waals surface area contributed by atoms with Crippen molar-refractivity contribution in [1.29, 1.82) is 0 Å². The van der Waals surface area contributed by atoms with Crippen LogP contribution in [0.25, 0.3) is 9.88 Å². The lowest BCUT2D eigenvalue weighted by molar-refractivity contribution is -0.125. The molecule has 0 radical (unpaired) electrons. The molecule has 128 valence electrons. The van der Waals surface area contributed by atoms with Crippen LogP contribution in [0.5, 0.6) is 0 Å². The fourth-order valence-corrected chi connectivity index (χ4v) is 4.64. The quantitative estimate of drug-likeness (QED) is 0.878.